The standard InChI is InChI=1S/C25H30N2O7/c1-3-27-20(16-7-5-4-6-8-16)18(13-15-9-11-17(32-2)12-10-15)24(26-27)34-25-23(31)22(30)21(29)19(14-28)33-25/h4-12,19,21-23,25,28-31H,3,13-14H2,1-2H3/t19-,21-,22+,23-,25+/m1/s1. The molecule has 0 bridgehead atoms. The largest absolute Gasteiger partial charge is 0.497 e. The van der Waals surface area contributed by atoms with E-state index in [1.807, 2.05) is 66.2 Å². The van der Waals surface area contributed by atoms with Gasteiger partial charge < -0.3 is 34.6 Å². The summed E-state index contributed by atoms with van der Waals surface area (Å²) >= 11 is 0. The molecule has 0 unspecified atom stereocenters. The summed E-state index contributed by atoms with van der Waals surface area (Å²) in [6.07, 6.45) is -6.46. The van der Waals surface area contributed by atoms with Gasteiger partial charge in [-0.15, -0.1) is 5.10 Å². The zero-order valence-corrected chi connectivity index (χ0v) is 19.1. The van der Waals surface area contributed by atoms with E-state index in [0.717, 1.165) is 28.1 Å². The lowest BCUT2D eigenvalue weighted by molar-refractivity contribution is -0.278. The van der Waals surface area contributed by atoms with E-state index in [-0.39, 0.29) is 5.88 Å². The lowest BCUT2D eigenvalue weighted by Gasteiger charge is -2.39. The first-order valence-corrected chi connectivity index (χ1v) is 11.2. The van der Waals surface area contributed by atoms with Crippen molar-refractivity contribution in [2.75, 3.05) is 13.7 Å². The minimum Gasteiger partial charge on any atom is -0.497 e. The number of methoxy groups -OCH3 is 1. The van der Waals surface area contributed by atoms with E-state index in [2.05, 4.69) is 5.10 Å². The third kappa shape index (κ3) is 4.79. The van der Waals surface area contributed by atoms with Gasteiger partial charge in [-0.05, 0) is 24.6 Å². The quantitative estimate of drug-likeness (QED) is 0.389. The molecule has 4 rings (SSSR count). The number of hydrogen-bond donors (Lipinski definition) is 4. The van der Waals surface area contributed by atoms with E-state index >= 15 is 0 Å². The maximum absolute atomic E-state index is 10.5. The molecule has 0 spiro atoms. The zero-order valence-electron chi connectivity index (χ0n) is 19.1. The fourth-order valence-electron chi connectivity index (χ4n) is 4.10. The van der Waals surface area contributed by atoms with Crippen molar-refractivity contribution in [3.05, 3.63) is 65.7 Å². The van der Waals surface area contributed by atoms with E-state index in [0.29, 0.717) is 13.0 Å². The molecule has 9 nitrogen and oxygen atoms in total. The second-order valence-electron chi connectivity index (χ2n) is 8.15. The number of rotatable bonds is 8. The first-order chi connectivity index (χ1) is 16.5. The van der Waals surface area contributed by atoms with Gasteiger partial charge in [0, 0.05) is 24.1 Å². The molecule has 0 saturated carbocycles. The average Bonchev–Trinajstić information content (AvgIpc) is 3.22. The van der Waals surface area contributed by atoms with Gasteiger partial charge in [0.1, 0.15) is 30.2 Å². The van der Waals surface area contributed by atoms with Crippen molar-refractivity contribution in [2.24, 2.45) is 0 Å². The van der Waals surface area contributed by atoms with Crippen molar-refractivity contribution < 1.29 is 34.6 Å². The molecule has 1 fully saturated rings. The SMILES string of the molecule is CCn1nc(O[C@@H]2O[C@H](CO)[C@@H](O)[C@H](O)[C@H]2O)c(Cc2ccc(OC)cc2)c1-c1ccccc1. The molecule has 1 aliphatic heterocycles. The van der Waals surface area contributed by atoms with E-state index < -0.39 is 37.3 Å². The van der Waals surface area contributed by atoms with Crippen LogP contribution in [0.2, 0.25) is 0 Å². The molecule has 1 aliphatic rings. The van der Waals surface area contributed by atoms with Gasteiger partial charge in [0.05, 0.1) is 19.4 Å². The Morgan fingerprint density at radius 1 is 0.971 bits per heavy atom. The van der Waals surface area contributed by atoms with Crippen LogP contribution in [0.5, 0.6) is 11.6 Å². The van der Waals surface area contributed by atoms with Gasteiger partial charge in [0.25, 0.3) is 0 Å². The minimum absolute atomic E-state index is 0.237. The molecule has 1 saturated heterocycles. The lowest BCUT2D eigenvalue weighted by atomic mass is 9.99. The topological polar surface area (TPSA) is 126 Å². The summed E-state index contributed by atoms with van der Waals surface area (Å²) < 4.78 is 18.6. The summed E-state index contributed by atoms with van der Waals surface area (Å²) in [5, 5.41) is 44.9. The van der Waals surface area contributed by atoms with Crippen molar-refractivity contribution in [3.63, 3.8) is 0 Å². The van der Waals surface area contributed by atoms with Gasteiger partial charge in [0.2, 0.25) is 12.2 Å². The highest BCUT2D eigenvalue weighted by Crippen LogP contribution is 2.35. The first kappa shape index (κ1) is 24.2. The van der Waals surface area contributed by atoms with Gasteiger partial charge >= 0.3 is 0 Å². The predicted molar refractivity (Wildman–Crippen MR) is 124 cm³/mol. The van der Waals surface area contributed by atoms with E-state index in [4.69, 9.17) is 14.2 Å². The Kier molecular flexibility index (Phi) is 7.50. The Balaban J connectivity index is 1.74. The Morgan fingerprint density at radius 2 is 1.68 bits per heavy atom. The molecule has 0 radical (unpaired) electrons. The molecule has 2 heterocycles. The second-order valence-corrected chi connectivity index (χ2v) is 8.15. The van der Waals surface area contributed by atoms with E-state index in [1.165, 1.54) is 0 Å². The number of aliphatic hydroxyl groups excluding tert-OH is 4. The van der Waals surface area contributed by atoms with Crippen molar-refractivity contribution >= 4 is 0 Å². The number of aliphatic hydroxyl groups is 4. The Labute approximate surface area is 197 Å². The van der Waals surface area contributed by atoms with Crippen LogP contribution < -0.4 is 9.47 Å². The van der Waals surface area contributed by atoms with Gasteiger partial charge in [0.15, 0.2) is 0 Å². The van der Waals surface area contributed by atoms with Crippen LogP contribution in [-0.2, 0) is 17.7 Å². The number of aromatic nitrogens is 2. The van der Waals surface area contributed by atoms with E-state index in [1.54, 1.807) is 7.11 Å². The smallest absolute Gasteiger partial charge is 0.239 e. The zero-order chi connectivity index (χ0) is 24.2. The number of benzene rings is 2. The third-order valence-electron chi connectivity index (χ3n) is 5.98. The van der Waals surface area contributed by atoms with Gasteiger partial charge in [-0.25, -0.2) is 0 Å². The lowest BCUT2D eigenvalue weighted by Crippen LogP contribution is -2.60. The molecular weight excluding hydrogens is 440 g/mol. The first-order valence-electron chi connectivity index (χ1n) is 11.2. The molecule has 0 aliphatic carbocycles. The van der Waals surface area contributed by atoms with Gasteiger partial charge in [-0.3, -0.25) is 4.68 Å². The molecule has 4 N–H and O–H groups in total. The van der Waals surface area contributed by atoms with Crippen LogP contribution >= 0.6 is 0 Å². The Morgan fingerprint density at radius 3 is 2.29 bits per heavy atom. The highest BCUT2D eigenvalue weighted by molar-refractivity contribution is 5.67. The number of nitrogens with zero attached hydrogens (tertiary/aromatic N) is 2. The van der Waals surface area contributed by atoms with Gasteiger partial charge in [-0.2, -0.15) is 0 Å². The summed E-state index contributed by atoms with van der Waals surface area (Å²) in [6, 6.07) is 17.4. The van der Waals surface area contributed by atoms with Crippen LogP contribution in [0.1, 0.15) is 18.1 Å². The third-order valence-corrected chi connectivity index (χ3v) is 5.98. The van der Waals surface area contributed by atoms with Crippen molar-refractivity contribution in [1.82, 2.24) is 9.78 Å². The summed E-state index contributed by atoms with van der Waals surface area (Å²) in [5.41, 5.74) is 3.57. The summed E-state index contributed by atoms with van der Waals surface area (Å²) in [4.78, 5) is 0. The Bertz CT molecular complexity index is 1070. The van der Waals surface area contributed by atoms with Crippen LogP contribution in [-0.4, -0.2) is 74.6 Å². The molecule has 2 aromatic carbocycles. The molecule has 182 valence electrons. The van der Waals surface area contributed by atoms with Gasteiger partial charge in [-0.1, -0.05) is 42.5 Å². The van der Waals surface area contributed by atoms with Crippen LogP contribution in [0, 0.1) is 0 Å². The summed E-state index contributed by atoms with van der Waals surface area (Å²) in [5.74, 6) is 0.981. The molecule has 0 amide bonds. The Hall–Kier alpha value is -2.95. The average molecular weight is 471 g/mol. The molecule has 34 heavy (non-hydrogen) atoms. The van der Waals surface area contributed by atoms with Crippen LogP contribution in [0.3, 0.4) is 0 Å². The monoisotopic (exact) mass is 470 g/mol. The van der Waals surface area contributed by atoms with Crippen LogP contribution in [0.15, 0.2) is 54.6 Å². The molecule has 5 atom stereocenters. The summed E-state index contributed by atoms with van der Waals surface area (Å²) in [6.45, 7) is 1.99. The number of aryl methyl sites for hydroxylation is 1. The fourth-order valence-corrected chi connectivity index (χ4v) is 4.10. The van der Waals surface area contributed by atoms with Crippen LogP contribution in [0.25, 0.3) is 11.3 Å². The van der Waals surface area contributed by atoms with Crippen LogP contribution in [0.4, 0.5) is 0 Å². The normalized spacial score (nSPS) is 24.7. The highest BCUT2D eigenvalue weighted by atomic mass is 16.7. The molecule has 1 aromatic heterocycles. The van der Waals surface area contributed by atoms with E-state index in [9.17, 15) is 20.4 Å². The number of hydrogen-bond acceptors (Lipinski definition) is 8. The second kappa shape index (κ2) is 10.5. The molecular formula is C25H30N2O7. The fraction of sp³-hybridized carbons (Fsp3) is 0.400. The maximum Gasteiger partial charge on any atom is 0.239 e. The molecule has 9 heteroatoms. The molecule has 3 aromatic rings. The van der Waals surface area contributed by atoms with Crippen molar-refractivity contribution in [1.29, 1.82) is 0 Å². The number of ether oxygens (including phenoxy) is 3. The van der Waals surface area contributed by atoms with Crippen molar-refractivity contribution in [2.45, 2.75) is 50.6 Å². The summed E-state index contributed by atoms with van der Waals surface area (Å²) in [7, 11) is 1.61. The maximum atomic E-state index is 10.5. The highest BCUT2D eigenvalue weighted by Gasteiger charge is 2.45. The van der Waals surface area contributed by atoms with Crippen molar-refractivity contribution in [3.8, 4) is 22.9 Å². The predicted octanol–water partition coefficient (Wildman–Crippen LogP) is 1.35. The minimum atomic E-state index is -1.54.